The van der Waals surface area contributed by atoms with Gasteiger partial charge in [-0.05, 0) is 50.4 Å². The Balaban J connectivity index is 2.00. The molecule has 2 aromatic carbocycles. The molecule has 1 aliphatic heterocycles. The Bertz CT molecular complexity index is 633. The van der Waals surface area contributed by atoms with Crippen LogP contribution in [0.2, 0.25) is 0 Å². The van der Waals surface area contributed by atoms with Gasteiger partial charge < -0.3 is 9.31 Å². The zero-order valence-corrected chi connectivity index (χ0v) is 14.2. The molecule has 0 bridgehead atoms. The minimum atomic E-state index is -0.351. The van der Waals surface area contributed by atoms with Gasteiger partial charge in [0.15, 0.2) is 0 Å². The summed E-state index contributed by atoms with van der Waals surface area (Å²) in [6.45, 7) is 8.30. The first kappa shape index (κ1) is 16.0. The van der Waals surface area contributed by atoms with Crippen LogP contribution in [0.15, 0.2) is 66.6 Å². The van der Waals surface area contributed by atoms with E-state index in [4.69, 9.17) is 9.31 Å². The molecule has 0 radical (unpaired) electrons. The molecular weight excluding hydrogens is 283 g/mol. The Labute approximate surface area is 139 Å². The maximum Gasteiger partial charge on any atom is 0.487 e. The van der Waals surface area contributed by atoms with Crippen molar-refractivity contribution >= 4 is 12.7 Å². The number of benzene rings is 2. The van der Waals surface area contributed by atoms with E-state index in [1.807, 2.05) is 12.1 Å². The highest BCUT2D eigenvalue weighted by molar-refractivity contribution is 6.53. The summed E-state index contributed by atoms with van der Waals surface area (Å²) in [5.74, 6) is 2.08. The normalized spacial score (nSPS) is 18.7. The summed E-state index contributed by atoms with van der Waals surface area (Å²) in [6.07, 6.45) is 0. The standard InChI is InChI=1S/C20H23BO2/c1-19(2)20(3,4)23-21(22-19)15-18(16-11-7-5-8-12-16)17-13-9-6-10-14-17/h5-15H,1-4H3. The Kier molecular flexibility index (Phi) is 4.18. The molecule has 1 heterocycles. The van der Waals surface area contributed by atoms with Gasteiger partial charge in [-0.15, -0.1) is 0 Å². The van der Waals surface area contributed by atoms with Crippen molar-refractivity contribution in [2.24, 2.45) is 0 Å². The van der Waals surface area contributed by atoms with Gasteiger partial charge in [-0.3, -0.25) is 0 Å². The molecule has 23 heavy (non-hydrogen) atoms. The van der Waals surface area contributed by atoms with Crippen LogP contribution >= 0.6 is 0 Å². The first-order valence-electron chi connectivity index (χ1n) is 8.07. The molecule has 0 atom stereocenters. The molecule has 0 aromatic heterocycles. The van der Waals surface area contributed by atoms with Crippen molar-refractivity contribution in [1.82, 2.24) is 0 Å². The average Bonchev–Trinajstić information content (AvgIpc) is 2.74. The lowest BCUT2D eigenvalue weighted by molar-refractivity contribution is 0.00578. The van der Waals surface area contributed by atoms with E-state index in [0.29, 0.717) is 0 Å². The lowest BCUT2D eigenvalue weighted by atomic mass is 9.82. The van der Waals surface area contributed by atoms with Crippen molar-refractivity contribution in [2.75, 3.05) is 0 Å². The van der Waals surface area contributed by atoms with Crippen LogP contribution in [0.3, 0.4) is 0 Å². The molecule has 118 valence electrons. The third-order valence-electron chi connectivity index (χ3n) is 4.74. The zero-order chi connectivity index (χ0) is 16.5. The Hall–Kier alpha value is -1.84. The SMILES string of the molecule is CC1(C)OB(C=C(c2ccccc2)c2ccccc2)OC1(C)C. The van der Waals surface area contributed by atoms with Crippen LogP contribution in [0.4, 0.5) is 0 Å². The fourth-order valence-corrected chi connectivity index (χ4v) is 2.69. The van der Waals surface area contributed by atoms with Crippen LogP contribution in [0.5, 0.6) is 0 Å². The lowest BCUT2D eigenvalue weighted by Gasteiger charge is -2.32. The van der Waals surface area contributed by atoms with Crippen molar-refractivity contribution in [3.63, 3.8) is 0 Å². The van der Waals surface area contributed by atoms with E-state index >= 15 is 0 Å². The molecule has 1 aliphatic rings. The molecule has 0 unspecified atom stereocenters. The maximum absolute atomic E-state index is 6.14. The van der Waals surface area contributed by atoms with E-state index in [0.717, 1.165) is 16.7 Å². The van der Waals surface area contributed by atoms with Crippen LogP contribution < -0.4 is 0 Å². The summed E-state index contributed by atoms with van der Waals surface area (Å²) in [5.41, 5.74) is 2.80. The second-order valence-corrected chi connectivity index (χ2v) is 6.94. The van der Waals surface area contributed by atoms with Gasteiger partial charge in [0.25, 0.3) is 0 Å². The molecule has 2 aromatic rings. The predicted octanol–water partition coefficient (Wildman–Crippen LogP) is 4.75. The van der Waals surface area contributed by atoms with E-state index in [2.05, 4.69) is 82.2 Å². The highest BCUT2D eigenvalue weighted by Crippen LogP contribution is 2.38. The molecule has 1 saturated heterocycles. The second kappa shape index (κ2) is 5.99. The van der Waals surface area contributed by atoms with Gasteiger partial charge in [0.05, 0.1) is 11.2 Å². The number of hydrogen-bond acceptors (Lipinski definition) is 2. The molecule has 2 nitrogen and oxygen atoms in total. The first-order valence-corrected chi connectivity index (χ1v) is 8.07. The quantitative estimate of drug-likeness (QED) is 0.762. The monoisotopic (exact) mass is 306 g/mol. The van der Waals surface area contributed by atoms with Gasteiger partial charge >= 0.3 is 7.12 Å². The largest absolute Gasteiger partial charge is 0.487 e. The Morgan fingerprint density at radius 2 is 1.13 bits per heavy atom. The van der Waals surface area contributed by atoms with Crippen molar-refractivity contribution in [3.8, 4) is 0 Å². The second-order valence-electron chi connectivity index (χ2n) is 6.94. The third-order valence-corrected chi connectivity index (χ3v) is 4.74. The van der Waals surface area contributed by atoms with E-state index in [1.54, 1.807) is 0 Å². The van der Waals surface area contributed by atoms with Crippen LogP contribution in [-0.2, 0) is 9.31 Å². The Morgan fingerprint density at radius 1 is 0.739 bits per heavy atom. The van der Waals surface area contributed by atoms with Crippen LogP contribution in [-0.4, -0.2) is 18.3 Å². The van der Waals surface area contributed by atoms with Gasteiger partial charge in [-0.2, -0.15) is 0 Å². The van der Waals surface area contributed by atoms with E-state index < -0.39 is 0 Å². The average molecular weight is 306 g/mol. The summed E-state index contributed by atoms with van der Waals surface area (Å²) in [7, 11) is -0.351. The van der Waals surface area contributed by atoms with E-state index in [-0.39, 0.29) is 18.3 Å². The van der Waals surface area contributed by atoms with Crippen molar-refractivity contribution in [3.05, 3.63) is 77.8 Å². The molecule has 0 N–H and O–H groups in total. The molecular formula is C20H23BO2. The minimum Gasteiger partial charge on any atom is -0.400 e. The number of hydrogen-bond donors (Lipinski definition) is 0. The molecule has 0 aliphatic carbocycles. The van der Waals surface area contributed by atoms with Gasteiger partial charge in [0.2, 0.25) is 0 Å². The summed E-state index contributed by atoms with van der Waals surface area (Å²) >= 11 is 0. The van der Waals surface area contributed by atoms with Gasteiger partial charge in [0.1, 0.15) is 0 Å². The molecule has 0 saturated carbocycles. The topological polar surface area (TPSA) is 18.5 Å². The molecule has 1 fully saturated rings. The van der Waals surface area contributed by atoms with E-state index in [1.165, 1.54) is 0 Å². The first-order chi connectivity index (χ1) is 10.9. The van der Waals surface area contributed by atoms with E-state index in [9.17, 15) is 0 Å². The smallest absolute Gasteiger partial charge is 0.400 e. The van der Waals surface area contributed by atoms with Crippen LogP contribution in [0.25, 0.3) is 5.57 Å². The molecule has 0 spiro atoms. The maximum atomic E-state index is 6.14. The summed E-state index contributed by atoms with van der Waals surface area (Å²) in [6, 6.07) is 20.7. The fourth-order valence-electron chi connectivity index (χ4n) is 2.69. The van der Waals surface area contributed by atoms with Crippen molar-refractivity contribution in [1.29, 1.82) is 0 Å². The van der Waals surface area contributed by atoms with Crippen LogP contribution in [0.1, 0.15) is 38.8 Å². The predicted molar refractivity (Wildman–Crippen MR) is 96.0 cm³/mol. The van der Waals surface area contributed by atoms with Gasteiger partial charge in [-0.25, -0.2) is 0 Å². The number of rotatable bonds is 3. The molecule has 3 heteroatoms. The third kappa shape index (κ3) is 3.26. The van der Waals surface area contributed by atoms with Crippen LogP contribution in [0, 0.1) is 0 Å². The summed E-state index contributed by atoms with van der Waals surface area (Å²) in [5, 5.41) is 0. The minimum absolute atomic E-state index is 0.327. The van der Waals surface area contributed by atoms with Gasteiger partial charge in [-0.1, -0.05) is 60.7 Å². The highest BCUT2D eigenvalue weighted by Gasteiger charge is 2.50. The molecule has 0 amide bonds. The lowest BCUT2D eigenvalue weighted by Crippen LogP contribution is -2.41. The highest BCUT2D eigenvalue weighted by atomic mass is 16.7. The zero-order valence-electron chi connectivity index (χ0n) is 14.2. The van der Waals surface area contributed by atoms with Gasteiger partial charge in [0, 0.05) is 0 Å². The van der Waals surface area contributed by atoms with Crippen molar-refractivity contribution in [2.45, 2.75) is 38.9 Å². The van der Waals surface area contributed by atoms with Crippen molar-refractivity contribution < 1.29 is 9.31 Å². The summed E-state index contributed by atoms with van der Waals surface area (Å²) < 4.78 is 12.3. The summed E-state index contributed by atoms with van der Waals surface area (Å²) in [4.78, 5) is 0. The fraction of sp³-hybridized carbons (Fsp3) is 0.300. The Morgan fingerprint density at radius 3 is 1.52 bits per heavy atom. The molecule has 3 rings (SSSR count).